The number of benzene rings is 1. The van der Waals surface area contributed by atoms with E-state index in [0.717, 1.165) is 31.4 Å². The molecular weight excluding hydrogens is 266 g/mol. The van der Waals surface area contributed by atoms with Crippen molar-refractivity contribution in [2.75, 3.05) is 11.9 Å². The molecule has 1 atom stereocenters. The van der Waals surface area contributed by atoms with E-state index < -0.39 is 0 Å². The second-order valence-electron chi connectivity index (χ2n) is 5.25. The monoisotopic (exact) mass is 285 g/mol. The maximum atomic E-state index is 11.9. The Labute approximate surface area is 123 Å². The highest BCUT2D eigenvalue weighted by atomic mass is 16.5. The lowest BCUT2D eigenvalue weighted by molar-refractivity contribution is -0.124. The molecular formula is C16H19N3O2. The maximum Gasteiger partial charge on any atom is 0.254 e. The molecule has 1 aliphatic heterocycles. The lowest BCUT2D eigenvalue weighted by Gasteiger charge is -2.07. The highest BCUT2D eigenvalue weighted by Crippen LogP contribution is 2.15. The van der Waals surface area contributed by atoms with Gasteiger partial charge in [-0.05, 0) is 31.2 Å². The van der Waals surface area contributed by atoms with Crippen LogP contribution in [0.15, 0.2) is 36.4 Å². The Balaban J connectivity index is 1.52. The van der Waals surface area contributed by atoms with Gasteiger partial charge in [0.05, 0.1) is 0 Å². The number of aromatic nitrogens is 2. The summed E-state index contributed by atoms with van der Waals surface area (Å²) in [6.07, 6.45) is 3.22. The average molecular weight is 285 g/mol. The third kappa shape index (κ3) is 3.70. The molecule has 0 unspecified atom stereocenters. The van der Waals surface area contributed by atoms with Crippen molar-refractivity contribution < 1.29 is 9.53 Å². The summed E-state index contributed by atoms with van der Waals surface area (Å²) in [6, 6.07) is 12.2. The molecule has 0 bridgehead atoms. The summed E-state index contributed by atoms with van der Waals surface area (Å²) >= 11 is 0. The SMILES string of the molecule is O=C(Nc1cc(CCc2ccccc2)[nH]n1)[C@@H]1CCCO1. The van der Waals surface area contributed by atoms with Gasteiger partial charge in [0, 0.05) is 18.4 Å². The molecule has 3 rings (SSSR count). The van der Waals surface area contributed by atoms with Crippen LogP contribution >= 0.6 is 0 Å². The second-order valence-corrected chi connectivity index (χ2v) is 5.25. The molecule has 1 aromatic heterocycles. The fraction of sp³-hybridized carbons (Fsp3) is 0.375. The van der Waals surface area contributed by atoms with Crippen molar-refractivity contribution in [1.82, 2.24) is 10.2 Å². The van der Waals surface area contributed by atoms with E-state index in [9.17, 15) is 4.79 Å². The third-order valence-corrected chi connectivity index (χ3v) is 3.63. The Kier molecular flexibility index (Phi) is 4.31. The topological polar surface area (TPSA) is 67.0 Å². The van der Waals surface area contributed by atoms with E-state index in [0.29, 0.717) is 12.4 Å². The molecule has 1 aliphatic rings. The summed E-state index contributed by atoms with van der Waals surface area (Å²) in [5.74, 6) is 0.465. The molecule has 0 radical (unpaired) electrons. The predicted octanol–water partition coefficient (Wildman–Crippen LogP) is 2.31. The van der Waals surface area contributed by atoms with Crippen molar-refractivity contribution in [1.29, 1.82) is 0 Å². The second kappa shape index (κ2) is 6.54. The van der Waals surface area contributed by atoms with Crippen LogP contribution in [0.5, 0.6) is 0 Å². The standard InChI is InChI=1S/C16H19N3O2/c20-16(14-7-4-10-21-14)17-15-11-13(18-19-15)9-8-12-5-2-1-3-6-12/h1-3,5-6,11,14H,4,7-10H2,(H2,17,18,19,20)/t14-/m0/s1. The molecule has 0 aliphatic carbocycles. The van der Waals surface area contributed by atoms with E-state index in [4.69, 9.17) is 4.74 Å². The van der Waals surface area contributed by atoms with Gasteiger partial charge < -0.3 is 10.1 Å². The first kappa shape index (κ1) is 13.8. The van der Waals surface area contributed by atoms with Crippen LogP contribution in [0, 0.1) is 0 Å². The summed E-state index contributed by atoms with van der Waals surface area (Å²) < 4.78 is 5.35. The van der Waals surface area contributed by atoms with Gasteiger partial charge in [-0.3, -0.25) is 9.89 Å². The van der Waals surface area contributed by atoms with E-state index in [1.807, 2.05) is 24.3 Å². The van der Waals surface area contributed by atoms with Gasteiger partial charge in [-0.25, -0.2) is 0 Å². The zero-order chi connectivity index (χ0) is 14.5. The molecule has 1 fully saturated rings. The summed E-state index contributed by atoms with van der Waals surface area (Å²) in [5, 5.41) is 9.89. The zero-order valence-corrected chi connectivity index (χ0v) is 11.8. The fourth-order valence-corrected chi connectivity index (χ4v) is 2.47. The largest absolute Gasteiger partial charge is 0.368 e. The van der Waals surface area contributed by atoms with Gasteiger partial charge in [0.25, 0.3) is 5.91 Å². The van der Waals surface area contributed by atoms with Crippen LogP contribution < -0.4 is 5.32 Å². The van der Waals surface area contributed by atoms with E-state index in [2.05, 4.69) is 27.6 Å². The minimum absolute atomic E-state index is 0.103. The molecule has 1 saturated heterocycles. The van der Waals surface area contributed by atoms with Crippen molar-refractivity contribution in [2.45, 2.75) is 31.8 Å². The molecule has 2 heterocycles. The minimum Gasteiger partial charge on any atom is -0.368 e. The molecule has 0 saturated carbocycles. The first-order chi connectivity index (χ1) is 10.3. The van der Waals surface area contributed by atoms with Gasteiger partial charge in [0.2, 0.25) is 0 Å². The quantitative estimate of drug-likeness (QED) is 0.886. The number of anilines is 1. The Morgan fingerprint density at radius 3 is 2.95 bits per heavy atom. The van der Waals surface area contributed by atoms with Gasteiger partial charge >= 0.3 is 0 Å². The lowest BCUT2D eigenvalue weighted by atomic mass is 10.1. The Bertz CT molecular complexity index is 589. The summed E-state index contributed by atoms with van der Waals surface area (Å²) in [4.78, 5) is 11.9. The van der Waals surface area contributed by atoms with Gasteiger partial charge in [0.15, 0.2) is 5.82 Å². The number of ether oxygens (including phenoxy) is 1. The van der Waals surface area contributed by atoms with Crippen molar-refractivity contribution in [3.05, 3.63) is 47.7 Å². The lowest BCUT2D eigenvalue weighted by Crippen LogP contribution is -2.26. The van der Waals surface area contributed by atoms with E-state index >= 15 is 0 Å². The Morgan fingerprint density at radius 1 is 1.33 bits per heavy atom. The minimum atomic E-state index is -0.325. The van der Waals surface area contributed by atoms with Crippen molar-refractivity contribution in [3.8, 4) is 0 Å². The first-order valence-corrected chi connectivity index (χ1v) is 7.32. The van der Waals surface area contributed by atoms with E-state index in [1.54, 1.807) is 0 Å². The van der Waals surface area contributed by atoms with E-state index in [1.165, 1.54) is 5.56 Å². The van der Waals surface area contributed by atoms with Gasteiger partial charge in [-0.1, -0.05) is 30.3 Å². The summed E-state index contributed by atoms with van der Waals surface area (Å²) in [7, 11) is 0. The predicted molar refractivity (Wildman–Crippen MR) is 80.0 cm³/mol. The van der Waals surface area contributed by atoms with Gasteiger partial charge in [-0.15, -0.1) is 0 Å². The van der Waals surface area contributed by atoms with Gasteiger partial charge in [0.1, 0.15) is 6.10 Å². The highest BCUT2D eigenvalue weighted by molar-refractivity contribution is 5.93. The number of nitrogens with one attached hydrogen (secondary N) is 2. The number of hydrogen-bond acceptors (Lipinski definition) is 3. The Morgan fingerprint density at radius 2 is 2.19 bits per heavy atom. The number of aromatic amines is 1. The van der Waals surface area contributed by atoms with Crippen LogP contribution in [0.3, 0.4) is 0 Å². The molecule has 2 N–H and O–H groups in total. The zero-order valence-electron chi connectivity index (χ0n) is 11.8. The molecule has 5 heteroatoms. The molecule has 5 nitrogen and oxygen atoms in total. The normalized spacial score (nSPS) is 17.8. The fourth-order valence-electron chi connectivity index (χ4n) is 2.47. The number of rotatable bonds is 5. The first-order valence-electron chi connectivity index (χ1n) is 7.32. The van der Waals surface area contributed by atoms with Crippen LogP contribution in [-0.4, -0.2) is 28.8 Å². The van der Waals surface area contributed by atoms with Crippen molar-refractivity contribution in [2.24, 2.45) is 0 Å². The number of hydrogen-bond donors (Lipinski definition) is 2. The highest BCUT2D eigenvalue weighted by Gasteiger charge is 2.24. The van der Waals surface area contributed by atoms with Gasteiger partial charge in [-0.2, -0.15) is 5.10 Å². The number of nitrogens with zero attached hydrogens (tertiary/aromatic N) is 1. The van der Waals surface area contributed by atoms with Crippen LogP contribution in [-0.2, 0) is 22.4 Å². The summed E-state index contributed by atoms with van der Waals surface area (Å²) in [5.41, 5.74) is 2.30. The molecule has 0 spiro atoms. The number of carbonyl (C=O) groups is 1. The molecule has 1 aromatic carbocycles. The molecule has 21 heavy (non-hydrogen) atoms. The van der Waals surface area contributed by atoms with Crippen molar-refractivity contribution >= 4 is 11.7 Å². The molecule has 110 valence electrons. The average Bonchev–Trinajstić information content (AvgIpc) is 3.18. The van der Waals surface area contributed by atoms with E-state index in [-0.39, 0.29) is 12.0 Å². The number of aryl methyl sites for hydroxylation is 2. The summed E-state index contributed by atoms with van der Waals surface area (Å²) in [6.45, 7) is 0.668. The number of H-pyrrole nitrogens is 1. The maximum absolute atomic E-state index is 11.9. The van der Waals surface area contributed by atoms with Crippen LogP contribution in [0.1, 0.15) is 24.1 Å². The number of carbonyl (C=O) groups excluding carboxylic acids is 1. The van der Waals surface area contributed by atoms with Crippen LogP contribution in [0.2, 0.25) is 0 Å². The van der Waals surface area contributed by atoms with Crippen LogP contribution in [0.4, 0.5) is 5.82 Å². The molecule has 2 aromatic rings. The Hall–Kier alpha value is -2.14. The molecule has 1 amide bonds. The number of amides is 1. The van der Waals surface area contributed by atoms with Crippen molar-refractivity contribution in [3.63, 3.8) is 0 Å². The smallest absolute Gasteiger partial charge is 0.254 e. The van der Waals surface area contributed by atoms with Crippen LogP contribution in [0.25, 0.3) is 0 Å². The third-order valence-electron chi connectivity index (χ3n) is 3.63.